The van der Waals surface area contributed by atoms with Crippen molar-refractivity contribution in [1.29, 1.82) is 0 Å². The van der Waals surface area contributed by atoms with E-state index in [0.717, 1.165) is 43.6 Å². The van der Waals surface area contributed by atoms with E-state index >= 15 is 0 Å². The van der Waals surface area contributed by atoms with Gasteiger partial charge < -0.3 is 30.3 Å². The van der Waals surface area contributed by atoms with Crippen molar-refractivity contribution < 1.29 is 57.9 Å². The third-order valence-corrected chi connectivity index (χ3v) is 4.92. The van der Waals surface area contributed by atoms with Crippen molar-refractivity contribution >= 4 is 41.7 Å². The van der Waals surface area contributed by atoms with Crippen LogP contribution in [0.5, 0.6) is 5.75 Å². The summed E-state index contributed by atoms with van der Waals surface area (Å²) >= 11 is 3.70. The number of hydrogen-bond donors (Lipinski definition) is 0. The van der Waals surface area contributed by atoms with E-state index in [4.69, 9.17) is 25.2 Å². The Labute approximate surface area is 284 Å². The average Bonchev–Trinajstić information content (AvgIpc) is 2.91. The molecular weight excluding hydrogens is 672 g/mol. The van der Waals surface area contributed by atoms with Gasteiger partial charge in [-0.15, -0.1) is 0 Å². The standard InChI is InChI=1S/C26H30N4O.2C2H4O2.CNS.2Ni/c1-26(2,3)22-16-20(18-27-14-10-23-8-4-6-12-29-23)25(31)21(17-22)19-28-15-11-24-9-5-7-13-30-24;2*1-2(3)4;2-1-3;;/h4-9,12-13,16-19,31H,10-11,14-15H2,1-3H3;2*1H3,(H,3,4);;;/q;;;-1;2*+2/p-3. The van der Waals surface area contributed by atoms with Crippen molar-refractivity contribution in [2.24, 2.45) is 9.98 Å². The molecule has 2 heterocycles. The number of aromatic nitrogens is 2. The molecule has 1 aromatic carbocycles. The Bertz CT molecular complexity index is 1240. The van der Waals surface area contributed by atoms with Gasteiger partial charge in [-0.1, -0.05) is 63.0 Å². The number of thiocarbonyl (C=S) groups is 1. The molecule has 44 heavy (non-hydrogen) atoms. The van der Waals surface area contributed by atoms with Gasteiger partial charge in [-0.25, -0.2) is 0 Å². The Balaban J connectivity index is -0.00000112. The number of hydrogen-bond acceptors (Lipinski definition) is 10. The first-order chi connectivity index (χ1) is 19.8. The minimum Gasteiger partial charge on any atom is -0.872 e. The molecule has 13 heteroatoms. The molecule has 0 N–H and O–H groups in total. The fourth-order valence-corrected chi connectivity index (χ4v) is 3.08. The number of isothiocyanates is 1. The number of nitrogens with zero attached hydrogens (tertiary/aromatic N) is 5. The number of carboxylic acid groups (broad SMARTS) is 2. The van der Waals surface area contributed by atoms with Gasteiger partial charge in [0.2, 0.25) is 0 Å². The van der Waals surface area contributed by atoms with E-state index in [9.17, 15) is 5.11 Å². The number of carboxylic acids is 2. The van der Waals surface area contributed by atoms with Gasteiger partial charge in [0.25, 0.3) is 0 Å². The summed E-state index contributed by atoms with van der Waals surface area (Å²) < 4.78 is 0. The molecule has 0 aliphatic heterocycles. The average molecular weight is 707 g/mol. The molecule has 0 bridgehead atoms. The van der Waals surface area contributed by atoms with Crippen LogP contribution < -0.4 is 15.3 Å². The van der Waals surface area contributed by atoms with Crippen LogP contribution in [0.3, 0.4) is 0 Å². The Kier molecular flexibility index (Phi) is 26.3. The molecule has 10 nitrogen and oxygen atoms in total. The van der Waals surface area contributed by atoms with Gasteiger partial charge in [-0.05, 0) is 60.2 Å². The van der Waals surface area contributed by atoms with Crippen LogP contribution in [-0.4, -0.2) is 52.6 Å². The zero-order valence-electron chi connectivity index (χ0n) is 25.1. The molecule has 0 amide bonds. The van der Waals surface area contributed by atoms with Crippen LogP contribution in [0, 0.1) is 0 Å². The van der Waals surface area contributed by atoms with Crippen molar-refractivity contribution in [1.82, 2.24) is 9.97 Å². The second-order valence-corrected chi connectivity index (χ2v) is 9.70. The molecule has 240 valence electrons. The molecule has 0 saturated carbocycles. The number of aliphatic imine (C=N–C) groups is 2. The third kappa shape index (κ3) is 22.9. The van der Waals surface area contributed by atoms with Crippen LogP contribution in [0.4, 0.5) is 0 Å². The molecule has 0 aliphatic rings. The van der Waals surface area contributed by atoms with Crippen molar-refractivity contribution in [3.05, 3.63) is 94.4 Å². The molecule has 0 saturated heterocycles. The van der Waals surface area contributed by atoms with E-state index in [-0.39, 0.29) is 44.1 Å². The van der Waals surface area contributed by atoms with E-state index in [0.29, 0.717) is 24.2 Å². The van der Waals surface area contributed by atoms with E-state index in [1.807, 2.05) is 48.5 Å². The summed E-state index contributed by atoms with van der Waals surface area (Å²) in [6.45, 7) is 9.53. The number of benzene rings is 1. The summed E-state index contributed by atoms with van der Waals surface area (Å²) in [7, 11) is 0. The van der Waals surface area contributed by atoms with Gasteiger partial charge in [-0.2, -0.15) is 5.16 Å². The van der Waals surface area contributed by atoms with Crippen LogP contribution in [0.25, 0.3) is 5.41 Å². The first kappa shape index (κ1) is 44.8. The molecule has 0 aliphatic carbocycles. The number of aliphatic carboxylic acids is 2. The molecule has 0 fully saturated rings. The minimum atomic E-state index is -1.08. The number of pyridine rings is 2. The number of rotatable bonds is 8. The summed E-state index contributed by atoms with van der Waals surface area (Å²) in [5.41, 5.74) is 4.18. The van der Waals surface area contributed by atoms with Crippen LogP contribution in [0.15, 0.2) is 70.9 Å². The summed E-state index contributed by atoms with van der Waals surface area (Å²) in [4.78, 5) is 35.4. The fourth-order valence-electron chi connectivity index (χ4n) is 3.08. The fraction of sp³-hybridized carbons (Fsp3) is 0.323. The minimum absolute atomic E-state index is 0. The third-order valence-electron chi connectivity index (χ3n) is 4.92. The molecule has 3 aromatic rings. The second kappa shape index (κ2) is 25.8. The Hall–Kier alpha value is -3.61. The van der Waals surface area contributed by atoms with Gasteiger partial charge in [0, 0.05) is 74.1 Å². The van der Waals surface area contributed by atoms with Crippen molar-refractivity contribution in [2.75, 3.05) is 13.1 Å². The normalized spacial score (nSPS) is 9.84. The molecule has 0 atom stereocenters. The Morgan fingerprint density at radius 3 is 1.48 bits per heavy atom. The van der Waals surface area contributed by atoms with Crippen molar-refractivity contribution in [2.45, 2.75) is 52.9 Å². The monoisotopic (exact) mass is 705 g/mol. The predicted octanol–water partition coefficient (Wildman–Crippen LogP) is 2.34. The van der Waals surface area contributed by atoms with Crippen LogP contribution in [-0.2, 0) is 60.8 Å². The SMILES string of the molecule is CC(=O)[O-].CC(=O)[O-].CC(C)(C)c1cc(C=NCCc2ccccn2)c([O-])c(C=NCCc2ccccn2)c1.[N-]=C=S.[Ni+2].[Ni+2]. The van der Waals surface area contributed by atoms with Crippen LogP contribution in [0.1, 0.15) is 62.7 Å². The smallest absolute Gasteiger partial charge is 0.872 e. The first-order valence-electron chi connectivity index (χ1n) is 12.8. The molecule has 2 aromatic heterocycles. The van der Waals surface area contributed by atoms with Crippen molar-refractivity contribution in [3.8, 4) is 5.75 Å². The summed E-state index contributed by atoms with van der Waals surface area (Å²) in [5.74, 6) is -2.21. The van der Waals surface area contributed by atoms with Gasteiger partial charge >= 0.3 is 33.0 Å². The Morgan fingerprint density at radius 2 is 1.20 bits per heavy atom. The number of carbonyl (C=O) groups is 2. The van der Waals surface area contributed by atoms with Crippen LogP contribution >= 0.6 is 12.2 Å². The first-order valence-corrected chi connectivity index (χ1v) is 13.2. The predicted molar refractivity (Wildman–Crippen MR) is 163 cm³/mol. The molecule has 0 unspecified atom stereocenters. The maximum Gasteiger partial charge on any atom is 2.00 e. The van der Waals surface area contributed by atoms with E-state index < -0.39 is 11.9 Å². The van der Waals surface area contributed by atoms with Gasteiger partial charge in [0.1, 0.15) is 0 Å². The summed E-state index contributed by atoms with van der Waals surface area (Å²) in [6, 6.07) is 15.6. The van der Waals surface area contributed by atoms with E-state index in [1.54, 1.807) is 24.8 Å². The molecule has 0 spiro atoms. The maximum absolute atomic E-state index is 13.0. The molecule has 0 radical (unpaired) electrons. The van der Waals surface area contributed by atoms with E-state index in [2.05, 4.69) is 52.9 Å². The molecule has 3 rings (SSSR count). The quantitative estimate of drug-likeness (QED) is 0.195. The second-order valence-electron chi connectivity index (χ2n) is 9.52. The maximum atomic E-state index is 13.0. The van der Waals surface area contributed by atoms with Gasteiger partial charge in [0.15, 0.2) is 0 Å². The summed E-state index contributed by atoms with van der Waals surface area (Å²) in [5, 5.41) is 39.2. The molecular formula is C31H35N5Ni2O5S. The Morgan fingerprint density at radius 1 is 0.864 bits per heavy atom. The van der Waals surface area contributed by atoms with Gasteiger partial charge in [0.05, 0.1) is 0 Å². The van der Waals surface area contributed by atoms with Crippen molar-refractivity contribution in [3.63, 3.8) is 0 Å². The summed E-state index contributed by atoms with van der Waals surface area (Å²) in [6.07, 6.45) is 8.41. The zero-order valence-corrected chi connectivity index (χ0v) is 27.9. The number of carbonyl (C=O) groups excluding carboxylic acids is 2. The van der Waals surface area contributed by atoms with E-state index in [1.165, 1.54) is 5.16 Å². The van der Waals surface area contributed by atoms with Crippen LogP contribution in [0.2, 0.25) is 0 Å². The van der Waals surface area contributed by atoms with Gasteiger partial charge in [-0.3, -0.25) is 20.0 Å². The topological polar surface area (TPSA) is 176 Å². The largest absolute Gasteiger partial charge is 2.00 e. The zero-order chi connectivity index (χ0) is 32.0.